The highest BCUT2D eigenvalue weighted by Crippen LogP contribution is 1.84. The van der Waals surface area contributed by atoms with Gasteiger partial charge in [0.25, 0.3) is 0 Å². The van der Waals surface area contributed by atoms with Crippen LogP contribution in [0.3, 0.4) is 0 Å². The lowest BCUT2D eigenvalue weighted by molar-refractivity contribution is 1.61. The molecular weight excluding hydrogens is 288 g/mol. The molecule has 2 N–H and O–H groups in total. The van der Waals surface area contributed by atoms with Gasteiger partial charge in [0.2, 0.25) is 0 Å². The van der Waals surface area contributed by atoms with E-state index in [0.717, 1.165) is 9.52 Å². The number of benzene rings is 2. The normalized spacial score (nSPS) is 7.58. The molecule has 5 heteroatoms. The summed E-state index contributed by atoms with van der Waals surface area (Å²) < 4.78 is 0. The fourth-order valence-electron chi connectivity index (χ4n) is 1.21. The van der Waals surface area contributed by atoms with Gasteiger partial charge in [-0.2, -0.15) is 0 Å². The Bertz CT molecular complexity index is 468. The van der Waals surface area contributed by atoms with E-state index in [0.29, 0.717) is 0 Å². The number of rotatable bonds is 2. The van der Waals surface area contributed by atoms with Crippen molar-refractivity contribution >= 4 is 54.7 Å². The van der Waals surface area contributed by atoms with Crippen molar-refractivity contribution in [3.05, 3.63) is 60.7 Å². The zero-order chi connectivity index (χ0) is 14.3. The Morgan fingerprint density at radius 1 is 0.684 bits per heavy atom. The average molecular weight is 300 g/mol. The molecule has 2 aromatic rings. The first kappa shape index (κ1) is 17.3. The first-order chi connectivity index (χ1) is 9.28. The van der Waals surface area contributed by atoms with E-state index in [1.165, 1.54) is 10.4 Å². The van der Waals surface area contributed by atoms with Crippen molar-refractivity contribution in [3.8, 4) is 0 Å². The minimum Gasteiger partial charge on any atom is -0.248 e. The molecule has 0 saturated heterocycles. The molecule has 0 atom stereocenters. The van der Waals surface area contributed by atoms with E-state index in [1.54, 1.807) is 10.3 Å². The number of hydrogen-bond donors (Lipinski definition) is 2. The third-order valence-corrected chi connectivity index (χ3v) is 3.08. The van der Waals surface area contributed by atoms with E-state index in [-0.39, 0.29) is 0 Å². The fraction of sp³-hybridized carbons (Fsp3) is 0. The first-order valence-corrected chi connectivity index (χ1v) is 7.05. The van der Waals surface area contributed by atoms with Crippen molar-refractivity contribution in [2.45, 2.75) is 0 Å². The van der Waals surface area contributed by atoms with E-state index in [1.807, 2.05) is 0 Å². The second-order valence-electron chi connectivity index (χ2n) is 3.06. The molecule has 19 heavy (non-hydrogen) atoms. The topological polar surface area (TPSA) is 47.7 Å². The molecule has 94 valence electrons. The highest BCUT2D eigenvalue weighted by Gasteiger charge is 1.94. The molecule has 2 radical (unpaired) electrons. The van der Waals surface area contributed by atoms with Crippen LogP contribution in [0.2, 0.25) is 0 Å². The predicted molar refractivity (Wildman–Crippen MR) is 88.5 cm³/mol. The van der Waals surface area contributed by atoms with Crippen molar-refractivity contribution < 1.29 is 0 Å². The largest absolute Gasteiger partial charge is 0.248 e. The summed E-state index contributed by atoms with van der Waals surface area (Å²) in [5.41, 5.74) is 0. The number of hydrogen-bond acceptors (Lipinski definition) is 4. The van der Waals surface area contributed by atoms with Crippen LogP contribution in [0.4, 0.5) is 0 Å². The van der Waals surface area contributed by atoms with E-state index < -0.39 is 0 Å². The van der Waals surface area contributed by atoms with Crippen LogP contribution in [0.25, 0.3) is 0 Å². The van der Waals surface area contributed by atoms with Gasteiger partial charge in [-0.1, -0.05) is 71.0 Å². The second-order valence-corrected chi connectivity index (χ2v) is 4.87. The van der Waals surface area contributed by atoms with Crippen molar-refractivity contribution in [3.63, 3.8) is 0 Å². The molecule has 0 fully saturated rings. The molecule has 0 aliphatic heterocycles. The maximum Gasteiger partial charge on any atom is 0.121 e. The Kier molecular flexibility index (Phi) is 11.5. The van der Waals surface area contributed by atoms with Crippen LogP contribution in [-0.4, -0.2) is 19.8 Å². The number of nitrogens with one attached hydrogen (secondary N) is 2. The SMILES string of the molecule is N=C=S.N=C=S.c1ccc([Si]c2ccccc2)cc1. The van der Waals surface area contributed by atoms with Crippen LogP contribution in [0.15, 0.2) is 60.7 Å². The maximum absolute atomic E-state index is 5.77. The van der Waals surface area contributed by atoms with Gasteiger partial charge in [0.05, 0.1) is 10.3 Å². The molecule has 2 rings (SSSR count). The Hall–Kier alpha value is -1.74. The summed E-state index contributed by atoms with van der Waals surface area (Å²) in [4.78, 5) is 0. The van der Waals surface area contributed by atoms with Crippen LogP contribution in [0.1, 0.15) is 0 Å². The zero-order valence-corrected chi connectivity index (χ0v) is 12.7. The summed E-state index contributed by atoms with van der Waals surface area (Å²) in [6.45, 7) is 0. The van der Waals surface area contributed by atoms with Gasteiger partial charge >= 0.3 is 0 Å². The molecule has 2 nitrogen and oxygen atoms in total. The van der Waals surface area contributed by atoms with Gasteiger partial charge in [0.1, 0.15) is 9.52 Å². The van der Waals surface area contributed by atoms with E-state index in [2.05, 4.69) is 85.1 Å². The lowest BCUT2D eigenvalue weighted by Crippen LogP contribution is -2.26. The van der Waals surface area contributed by atoms with Gasteiger partial charge < -0.3 is 0 Å². The van der Waals surface area contributed by atoms with Crippen molar-refractivity contribution in [2.75, 3.05) is 0 Å². The molecule has 0 saturated carbocycles. The summed E-state index contributed by atoms with van der Waals surface area (Å²) in [7, 11) is 0.777. The van der Waals surface area contributed by atoms with E-state index >= 15 is 0 Å². The third kappa shape index (κ3) is 9.91. The molecule has 0 aliphatic carbocycles. The van der Waals surface area contributed by atoms with Gasteiger partial charge in [0, 0.05) is 0 Å². The van der Waals surface area contributed by atoms with Crippen LogP contribution in [0, 0.1) is 10.8 Å². The van der Waals surface area contributed by atoms with Crippen LogP contribution < -0.4 is 10.4 Å². The Balaban J connectivity index is 0.000000465. The summed E-state index contributed by atoms with van der Waals surface area (Å²) in [5, 5.41) is 17.5. The van der Waals surface area contributed by atoms with Crippen LogP contribution in [-0.2, 0) is 0 Å². The highest BCUT2D eigenvalue weighted by atomic mass is 32.1. The van der Waals surface area contributed by atoms with Gasteiger partial charge in [-0.3, -0.25) is 0 Å². The fourth-order valence-corrected chi connectivity index (χ4v) is 2.26. The molecule has 0 unspecified atom stereocenters. The molecule has 0 bridgehead atoms. The highest BCUT2D eigenvalue weighted by molar-refractivity contribution is 7.78. The quantitative estimate of drug-likeness (QED) is 0.509. The van der Waals surface area contributed by atoms with Gasteiger partial charge in [-0.15, -0.1) is 0 Å². The zero-order valence-electron chi connectivity index (χ0n) is 10.1. The van der Waals surface area contributed by atoms with Gasteiger partial charge in [-0.05, 0) is 24.4 Å². The predicted octanol–water partition coefficient (Wildman–Crippen LogP) is 2.68. The monoisotopic (exact) mass is 300 g/mol. The molecule has 0 aliphatic rings. The van der Waals surface area contributed by atoms with Gasteiger partial charge in [-0.25, -0.2) is 10.8 Å². The summed E-state index contributed by atoms with van der Waals surface area (Å²) in [6.07, 6.45) is 0. The van der Waals surface area contributed by atoms with Crippen LogP contribution >= 0.6 is 24.4 Å². The summed E-state index contributed by atoms with van der Waals surface area (Å²) in [5.74, 6) is 0. The third-order valence-electron chi connectivity index (χ3n) is 1.84. The Labute approximate surface area is 126 Å². The lowest BCUT2D eigenvalue weighted by Gasteiger charge is -1.98. The Morgan fingerprint density at radius 2 is 0.947 bits per heavy atom. The lowest BCUT2D eigenvalue weighted by atomic mass is 10.4. The number of thiocarbonyl (C=S) groups is 2. The smallest absolute Gasteiger partial charge is 0.121 e. The van der Waals surface area contributed by atoms with Crippen molar-refractivity contribution in [1.29, 1.82) is 10.8 Å². The van der Waals surface area contributed by atoms with E-state index in [4.69, 9.17) is 10.8 Å². The molecular formula is C14H12N2S2Si. The standard InChI is InChI=1S/C12H10Si.2CHNS/c1-3-7-11(8-4-1)13-12-9-5-2-6-10-12;2*2-1-3/h1-10H;2*2H. The minimum absolute atomic E-state index is 0.777. The minimum atomic E-state index is 0.777. The molecule has 0 spiro atoms. The van der Waals surface area contributed by atoms with Crippen LogP contribution in [0.5, 0.6) is 0 Å². The second kappa shape index (κ2) is 12.7. The average Bonchev–Trinajstić information content (AvgIpc) is 2.43. The first-order valence-electron chi connectivity index (χ1n) is 5.23. The number of isothiocyanates is 2. The molecule has 2 aromatic carbocycles. The van der Waals surface area contributed by atoms with Gasteiger partial charge in [0.15, 0.2) is 0 Å². The summed E-state index contributed by atoms with van der Waals surface area (Å²) >= 11 is 7.62. The molecule has 0 aromatic heterocycles. The maximum atomic E-state index is 5.77. The Morgan fingerprint density at radius 3 is 1.21 bits per heavy atom. The van der Waals surface area contributed by atoms with E-state index in [9.17, 15) is 0 Å². The van der Waals surface area contributed by atoms with Crippen molar-refractivity contribution in [1.82, 2.24) is 0 Å². The summed E-state index contributed by atoms with van der Waals surface area (Å²) in [6, 6.07) is 21.2. The molecule has 0 heterocycles. The van der Waals surface area contributed by atoms with Crippen molar-refractivity contribution in [2.24, 2.45) is 0 Å². The molecule has 0 amide bonds.